The van der Waals surface area contributed by atoms with Crippen LogP contribution in [0.4, 0.5) is 4.39 Å². The van der Waals surface area contributed by atoms with Gasteiger partial charge in [0.25, 0.3) is 0 Å². The van der Waals surface area contributed by atoms with Gasteiger partial charge in [-0.2, -0.15) is 0 Å². The summed E-state index contributed by atoms with van der Waals surface area (Å²) in [6.07, 6.45) is 1.28. The van der Waals surface area contributed by atoms with Crippen LogP contribution in [0.2, 0.25) is 0 Å². The third-order valence-electron chi connectivity index (χ3n) is 3.33. The Balaban J connectivity index is 1.99. The average molecular weight is 330 g/mol. The molecule has 0 spiro atoms. The maximum absolute atomic E-state index is 13.5. The molecule has 1 saturated heterocycles. The minimum absolute atomic E-state index is 0.118. The molecular formula is C14H19FN2O4S. The molecule has 2 heterocycles. The van der Waals surface area contributed by atoms with Crippen LogP contribution in [0.15, 0.2) is 11.0 Å². The zero-order valence-corrected chi connectivity index (χ0v) is 13.5. The number of nitrogens with zero attached hydrogens (tertiary/aromatic N) is 1. The van der Waals surface area contributed by atoms with Crippen molar-refractivity contribution in [2.75, 3.05) is 6.61 Å². The number of esters is 1. The molecule has 1 aliphatic rings. The standard InChI is InChI=1S/C14H19FN2O4S/c1-14(2,3)12(18)20-7-8-4-5-10(21-8)17-6-9(15)11(22)16-13(17)19/h6,8,10H,4-5,7H2,1-3H3,(H,16,19,22). The van der Waals surface area contributed by atoms with E-state index in [0.29, 0.717) is 12.8 Å². The van der Waals surface area contributed by atoms with Gasteiger partial charge in [0.05, 0.1) is 17.7 Å². The first kappa shape index (κ1) is 16.8. The number of aromatic amines is 1. The number of carbonyl (C=O) groups is 1. The summed E-state index contributed by atoms with van der Waals surface area (Å²) in [5, 5.41) is 0. The van der Waals surface area contributed by atoms with Crippen molar-refractivity contribution in [3.8, 4) is 0 Å². The molecule has 2 unspecified atom stereocenters. The van der Waals surface area contributed by atoms with Crippen LogP contribution < -0.4 is 5.69 Å². The van der Waals surface area contributed by atoms with Crippen molar-refractivity contribution >= 4 is 18.2 Å². The summed E-state index contributed by atoms with van der Waals surface area (Å²) in [6.45, 7) is 5.42. The highest BCUT2D eigenvalue weighted by molar-refractivity contribution is 7.71. The number of halogens is 1. The lowest BCUT2D eigenvalue weighted by Crippen LogP contribution is -2.29. The molecule has 1 N–H and O–H groups in total. The van der Waals surface area contributed by atoms with Crippen molar-refractivity contribution in [2.24, 2.45) is 5.41 Å². The molecule has 122 valence electrons. The van der Waals surface area contributed by atoms with E-state index in [1.54, 1.807) is 20.8 Å². The van der Waals surface area contributed by atoms with E-state index in [4.69, 9.17) is 9.47 Å². The van der Waals surface area contributed by atoms with E-state index in [9.17, 15) is 14.0 Å². The van der Waals surface area contributed by atoms with Gasteiger partial charge in [-0.1, -0.05) is 12.2 Å². The maximum Gasteiger partial charge on any atom is 0.328 e. The van der Waals surface area contributed by atoms with E-state index in [1.165, 1.54) is 0 Å². The minimum Gasteiger partial charge on any atom is -0.463 e. The lowest BCUT2D eigenvalue weighted by atomic mass is 9.97. The summed E-state index contributed by atoms with van der Waals surface area (Å²) in [4.78, 5) is 25.8. The van der Waals surface area contributed by atoms with E-state index >= 15 is 0 Å². The first-order chi connectivity index (χ1) is 10.2. The molecule has 6 nitrogen and oxygen atoms in total. The molecule has 8 heteroatoms. The predicted octanol–water partition coefficient (Wildman–Crippen LogP) is 2.31. The van der Waals surface area contributed by atoms with Crippen molar-refractivity contribution in [1.82, 2.24) is 9.55 Å². The van der Waals surface area contributed by atoms with E-state index < -0.39 is 23.1 Å². The van der Waals surface area contributed by atoms with Crippen LogP contribution in [0.5, 0.6) is 0 Å². The molecule has 2 rings (SSSR count). The van der Waals surface area contributed by atoms with Crippen molar-refractivity contribution in [3.05, 3.63) is 27.1 Å². The molecule has 1 aromatic rings. The van der Waals surface area contributed by atoms with Crippen LogP contribution in [0.3, 0.4) is 0 Å². The lowest BCUT2D eigenvalue weighted by molar-refractivity contribution is -0.157. The van der Waals surface area contributed by atoms with Crippen LogP contribution in [-0.4, -0.2) is 28.2 Å². The Labute approximate surface area is 132 Å². The smallest absolute Gasteiger partial charge is 0.328 e. The van der Waals surface area contributed by atoms with Crippen LogP contribution in [0.1, 0.15) is 39.8 Å². The van der Waals surface area contributed by atoms with Gasteiger partial charge in [0.1, 0.15) is 17.5 Å². The number of hydrogen-bond donors (Lipinski definition) is 1. The number of ether oxygens (including phenoxy) is 2. The second kappa shape index (κ2) is 6.29. The SMILES string of the molecule is CC(C)(C)C(=O)OCC1CCC(n2cc(F)c(=S)[nH]c2=O)O1. The molecule has 0 saturated carbocycles. The molecule has 0 radical (unpaired) electrons. The number of aromatic nitrogens is 2. The molecule has 0 bridgehead atoms. The highest BCUT2D eigenvalue weighted by Crippen LogP contribution is 2.28. The van der Waals surface area contributed by atoms with Crippen molar-refractivity contribution in [1.29, 1.82) is 0 Å². The van der Waals surface area contributed by atoms with E-state index in [2.05, 4.69) is 17.2 Å². The zero-order chi connectivity index (χ0) is 16.5. The normalized spacial score (nSPS) is 21.8. The first-order valence-electron chi connectivity index (χ1n) is 7.02. The minimum atomic E-state index is -0.680. The fourth-order valence-corrected chi connectivity index (χ4v) is 2.21. The van der Waals surface area contributed by atoms with Crippen LogP contribution in [0, 0.1) is 15.9 Å². The summed E-state index contributed by atoms with van der Waals surface area (Å²) in [7, 11) is 0. The molecule has 0 aliphatic carbocycles. The van der Waals surface area contributed by atoms with Gasteiger partial charge in [0, 0.05) is 0 Å². The van der Waals surface area contributed by atoms with Gasteiger partial charge in [0.2, 0.25) is 0 Å². The van der Waals surface area contributed by atoms with Gasteiger partial charge >= 0.3 is 11.7 Å². The Kier molecular flexibility index (Phi) is 4.81. The first-order valence-corrected chi connectivity index (χ1v) is 7.43. The monoisotopic (exact) mass is 330 g/mol. The second-order valence-corrected chi connectivity index (χ2v) is 6.69. The third kappa shape index (κ3) is 3.80. The fraction of sp³-hybridized carbons (Fsp3) is 0.643. The van der Waals surface area contributed by atoms with E-state index in [1.807, 2.05) is 0 Å². The van der Waals surface area contributed by atoms with Gasteiger partial charge < -0.3 is 9.47 Å². The van der Waals surface area contributed by atoms with E-state index in [0.717, 1.165) is 10.8 Å². The molecule has 2 atom stereocenters. The van der Waals surface area contributed by atoms with Crippen molar-refractivity contribution in [3.63, 3.8) is 0 Å². The number of H-pyrrole nitrogens is 1. The largest absolute Gasteiger partial charge is 0.463 e. The quantitative estimate of drug-likeness (QED) is 0.680. The Morgan fingerprint density at radius 2 is 2.23 bits per heavy atom. The summed E-state index contributed by atoms with van der Waals surface area (Å²) >= 11 is 4.66. The molecule has 0 aromatic carbocycles. The Bertz CT molecular complexity index is 677. The summed E-state index contributed by atoms with van der Waals surface area (Å²) < 4.78 is 25.2. The molecular weight excluding hydrogens is 311 g/mol. The van der Waals surface area contributed by atoms with Gasteiger partial charge in [-0.3, -0.25) is 14.3 Å². The van der Waals surface area contributed by atoms with Crippen molar-refractivity contribution in [2.45, 2.75) is 45.9 Å². The molecule has 1 aliphatic heterocycles. The highest BCUT2D eigenvalue weighted by atomic mass is 32.1. The zero-order valence-electron chi connectivity index (χ0n) is 12.7. The topological polar surface area (TPSA) is 73.3 Å². The van der Waals surface area contributed by atoms with Crippen molar-refractivity contribution < 1.29 is 18.7 Å². The summed E-state index contributed by atoms with van der Waals surface area (Å²) in [5.41, 5.74) is -1.10. The van der Waals surface area contributed by atoms with Gasteiger partial charge in [0.15, 0.2) is 5.82 Å². The molecule has 0 amide bonds. The summed E-state index contributed by atoms with van der Waals surface area (Å²) in [5.74, 6) is -0.993. The lowest BCUT2D eigenvalue weighted by Gasteiger charge is -2.19. The number of rotatable bonds is 3. The Morgan fingerprint density at radius 1 is 1.55 bits per heavy atom. The van der Waals surface area contributed by atoms with Gasteiger partial charge in [-0.15, -0.1) is 0 Å². The Morgan fingerprint density at radius 3 is 2.86 bits per heavy atom. The van der Waals surface area contributed by atoms with Crippen LogP contribution in [-0.2, 0) is 14.3 Å². The molecule has 1 fully saturated rings. The molecule has 1 aromatic heterocycles. The predicted molar refractivity (Wildman–Crippen MR) is 79.4 cm³/mol. The van der Waals surface area contributed by atoms with Gasteiger partial charge in [-0.25, -0.2) is 9.18 Å². The highest BCUT2D eigenvalue weighted by Gasteiger charge is 2.30. The maximum atomic E-state index is 13.5. The third-order valence-corrected chi connectivity index (χ3v) is 3.63. The summed E-state index contributed by atoms with van der Waals surface area (Å²) in [6, 6.07) is 0. The number of nitrogens with one attached hydrogen (secondary N) is 1. The average Bonchev–Trinajstić information content (AvgIpc) is 2.87. The van der Waals surface area contributed by atoms with E-state index in [-0.39, 0.29) is 23.3 Å². The van der Waals surface area contributed by atoms with Gasteiger partial charge in [-0.05, 0) is 33.6 Å². The fourth-order valence-electron chi connectivity index (χ4n) is 2.07. The Hall–Kier alpha value is -1.54. The number of carbonyl (C=O) groups excluding carboxylic acids is 1. The van der Waals surface area contributed by atoms with Crippen LogP contribution >= 0.6 is 12.2 Å². The second-order valence-electron chi connectivity index (χ2n) is 6.28. The van der Waals surface area contributed by atoms with Crippen LogP contribution in [0.25, 0.3) is 0 Å². The number of hydrogen-bond acceptors (Lipinski definition) is 5. The molecule has 22 heavy (non-hydrogen) atoms.